The molecule has 0 radical (unpaired) electrons. The zero-order valence-corrected chi connectivity index (χ0v) is 8.48. The molecule has 4 nitrogen and oxygen atoms in total. The molecule has 1 fully saturated rings. The number of nitrogens with zero attached hydrogens (tertiary/aromatic N) is 3. The lowest BCUT2D eigenvalue weighted by Gasteiger charge is -2.10. The van der Waals surface area contributed by atoms with Crippen molar-refractivity contribution in [3.05, 3.63) is 23.8 Å². The molecule has 1 aliphatic rings. The minimum Gasteiger partial charge on any atom is -0.325 e. The minimum absolute atomic E-state index is 0.498. The van der Waals surface area contributed by atoms with E-state index >= 15 is 0 Å². The van der Waals surface area contributed by atoms with Crippen molar-refractivity contribution in [2.45, 2.75) is 18.9 Å². The quantitative estimate of drug-likeness (QED) is 0.735. The van der Waals surface area contributed by atoms with Crippen molar-refractivity contribution in [3.8, 4) is 0 Å². The van der Waals surface area contributed by atoms with Gasteiger partial charge in [-0.25, -0.2) is 9.97 Å². The van der Waals surface area contributed by atoms with Crippen LogP contribution in [0, 0.1) is 0 Å². The normalized spacial score (nSPS) is 22.9. The third-order valence-corrected chi connectivity index (χ3v) is 2.76. The first kappa shape index (κ1) is 9.55. The van der Waals surface area contributed by atoms with Crippen molar-refractivity contribution in [1.29, 1.82) is 0 Å². The van der Waals surface area contributed by atoms with Gasteiger partial charge in [-0.3, -0.25) is 0 Å². The second kappa shape index (κ2) is 4.02. The van der Waals surface area contributed by atoms with Gasteiger partial charge in [-0.1, -0.05) is 0 Å². The van der Waals surface area contributed by atoms with Gasteiger partial charge >= 0.3 is 0 Å². The Balaban J connectivity index is 2.15. The molecule has 1 aliphatic heterocycles. The molecule has 0 saturated carbocycles. The van der Waals surface area contributed by atoms with Crippen LogP contribution < -0.4 is 5.73 Å². The molecule has 2 rings (SSSR count). The summed E-state index contributed by atoms with van der Waals surface area (Å²) >= 11 is 0. The lowest BCUT2D eigenvalue weighted by Crippen LogP contribution is -2.14. The van der Waals surface area contributed by atoms with Crippen LogP contribution in [0.3, 0.4) is 0 Å². The maximum atomic E-state index is 5.54. The second-order valence-electron chi connectivity index (χ2n) is 3.89. The van der Waals surface area contributed by atoms with Crippen LogP contribution in [0.1, 0.15) is 23.7 Å². The zero-order chi connectivity index (χ0) is 9.97. The Bertz CT molecular complexity index is 313. The van der Waals surface area contributed by atoms with Crippen LogP contribution in [0.25, 0.3) is 0 Å². The fourth-order valence-corrected chi connectivity index (χ4v) is 1.93. The number of hydrogen-bond donors (Lipinski definition) is 1. The van der Waals surface area contributed by atoms with E-state index in [0.717, 1.165) is 24.5 Å². The third kappa shape index (κ3) is 1.91. The first-order valence-electron chi connectivity index (χ1n) is 4.99. The van der Waals surface area contributed by atoms with Gasteiger partial charge in [0.05, 0.1) is 5.69 Å². The monoisotopic (exact) mass is 192 g/mol. The predicted molar refractivity (Wildman–Crippen MR) is 54.8 cm³/mol. The largest absolute Gasteiger partial charge is 0.325 e. The van der Waals surface area contributed by atoms with Crippen LogP contribution in [0.15, 0.2) is 12.4 Å². The van der Waals surface area contributed by atoms with E-state index < -0.39 is 0 Å². The van der Waals surface area contributed by atoms with Crippen molar-refractivity contribution in [1.82, 2.24) is 14.9 Å². The highest BCUT2D eigenvalue weighted by atomic mass is 15.1. The molecule has 1 aromatic heterocycles. The van der Waals surface area contributed by atoms with Gasteiger partial charge in [0.25, 0.3) is 0 Å². The SMILES string of the molecule is CN1CCC(c2cc(CN)ncn2)C1. The molecule has 76 valence electrons. The first-order chi connectivity index (χ1) is 6.79. The van der Waals surface area contributed by atoms with E-state index in [0.29, 0.717) is 12.5 Å². The average Bonchev–Trinajstić information content (AvgIpc) is 2.65. The number of likely N-dealkylation sites (N-methyl/N-ethyl adjacent to an activating group) is 1. The topological polar surface area (TPSA) is 55.0 Å². The fourth-order valence-electron chi connectivity index (χ4n) is 1.93. The number of rotatable bonds is 2. The Morgan fingerprint density at radius 1 is 1.57 bits per heavy atom. The molecule has 1 atom stereocenters. The van der Waals surface area contributed by atoms with Crippen LogP contribution in [-0.2, 0) is 6.54 Å². The summed E-state index contributed by atoms with van der Waals surface area (Å²) in [6.45, 7) is 2.76. The molecule has 0 amide bonds. The van der Waals surface area contributed by atoms with E-state index in [-0.39, 0.29) is 0 Å². The van der Waals surface area contributed by atoms with Gasteiger partial charge in [-0.05, 0) is 26.1 Å². The van der Waals surface area contributed by atoms with Gasteiger partial charge in [0.1, 0.15) is 6.33 Å². The molecule has 0 bridgehead atoms. The van der Waals surface area contributed by atoms with Gasteiger partial charge in [-0.15, -0.1) is 0 Å². The summed E-state index contributed by atoms with van der Waals surface area (Å²) in [5, 5.41) is 0. The minimum atomic E-state index is 0.498. The van der Waals surface area contributed by atoms with Crippen molar-refractivity contribution < 1.29 is 0 Å². The first-order valence-corrected chi connectivity index (χ1v) is 4.99. The summed E-state index contributed by atoms with van der Waals surface area (Å²) in [4.78, 5) is 10.7. The number of aromatic nitrogens is 2. The van der Waals surface area contributed by atoms with Crippen molar-refractivity contribution in [2.75, 3.05) is 20.1 Å². The second-order valence-corrected chi connectivity index (χ2v) is 3.89. The Labute approximate surface area is 84.2 Å². The summed E-state index contributed by atoms with van der Waals surface area (Å²) in [6, 6.07) is 2.03. The van der Waals surface area contributed by atoms with E-state index in [1.165, 1.54) is 6.42 Å². The number of likely N-dealkylation sites (tertiary alicyclic amines) is 1. The molecule has 4 heteroatoms. The summed E-state index contributed by atoms with van der Waals surface area (Å²) in [5.74, 6) is 0.563. The van der Waals surface area contributed by atoms with E-state index in [4.69, 9.17) is 5.73 Å². The third-order valence-electron chi connectivity index (χ3n) is 2.76. The Hall–Kier alpha value is -1.00. The summed E-state index contributed by atoms with van der Waals surface area (Å²) in [6.07, 6.45) is 2.81. The molecular weight excluding hydrogens is 176 g/mol. The van der Waals surface area contributed by atoms with Crippen molar-refractivity contribution >= 4 is 0 Å². The van der Waals surface area contributed by atoms with Gasteiger partial charge in [0, 0.05) is 24.7 Å². The standard InChI is InChI=1S/C10H16N4/c1-14-3-2-8(6-14)10-4-9(5-11)12-7-13-10/h4,7-8H,2-3,5-6,11H2,1H3. The predicted octanol–water partition coefficient (Wildman–Crippen LogP) is 0.354. The number of nitrogens with two attached hydrogens (primary N) is 1. The molecule has 0 spiro atoms. The highest BCUT2D eigenvalue weighted by molar-refractivity contribution is 5.14. The maximum absolute atomic E-state index is 5.54. The molecule has 2 heterocycles. The lowest BCUT2D eigenvalue weighted by atomic mass is 10.0. The summed E-state index contributed by atoms with van der Waals surface area (Å²) < 4.78 is 0. The average molecular weight is 192 g/mol. The van der Waals surface area contributed by atoms with E-state index in [1.807, 2.05) is 6.07 Å². The maximum Gasteiger partial charge on any atom is 0.115 e. The molecule has 14 heavy (non-hydrogen) atoms. The summed E-state index contributed by atoms with van der Waals surface area (Å²) in [5.41, 5.74) is 7.62. The van der Waals surface area contributed by atoms with Crippen LogP contribution in [0.5, 0.6) is 0 Å². The van der Waals surface area contributed by atoms with Gasteiger partial charge in [0.2, 0.25) is 0 Å². The Kier molecular flexibility index (Phi) is 2.74. The highest BCUT2D eigenvalue weighted by Gasteiger charge is 2.22. The van der Waals surface area contributed by atoms with Crippen LogP contribution in [0.2, 0.25) is 0 Å². The summed E-state index contributed by atoms with van der Waals surface area (Å²) in [7, 11) is 2.14. The van der Waals surface area contributed by atoms with Crippen molar-refractivity contribution in [2.24, 2.45) is 5.73 Å². The molecule has 1 aromatic rings. The van der Waals surface area contributed by atoms with Crippen molar-refractivity contribution in [3.63, 3.8) is 0 Å². The molecule has 1 saturated heterocycles. The fraction of sp³-hybridized carbons (Fsp3) is 0.600. The molecular formula is C10H16N4. The van der Waals surface area contributed by atoms with E-state index in [9.17, 15) is 0 Å². The Morgan fingerprint density at radius 3 is 3.07 bits per heavy atom. The molecule has 0 aliphatic carbocycles. The van der Waals surface area contributed by atoms with E-state index in [2.05, 4.69) is 21.9 Å². The lowest BCUT2D eigenvalue weighted by molar-refractivity contribution is 0.410. The van der Waals surface area contributed by atoms with Crippen LogP contribution >= 0.6 is 0 Å². The molecule has 0 aromatic carbocycles. The molecule has 2 N–H and O–H groups in total. The van der Waals surface area contributed by atoms with E-state index in [1.54, 1.807) is 6.33 Å². The van der Waals surface area contributed by atoms with Gasteiger partial charge in [-0.2, -0.15) is 0 Å². The van der Waals surface area contributed by atoms with Crippen LogP contribution in [0.4, 0.5) is 0 Å². The molecule has 1 unspecified atom stereocenters. The smallest absolute Gasteiger partial charge is 0.115 e. The van der Waals surface area contributed by atoms with Gasteiger partial charge in [0.15, 0.2) is 0 Å². The number of hydrogen-bond acceptors (Lipinski definition) is 4. The Morgan fingerprint density at radius 2 is 2.43 bits per heavy atom. The van der Waals surface area contributed by atoms with Gasteiger partial charge < -0.3 is 10.6 Å². The highest BCUT2D eigenvalue weighted by Crippen LogP contribution is 2.24. The van der Waals surface area contributed by atoms with Crippen LogP contribution in [-0.4, -0.2) is 35.0 Å². The zero-order valence-electron chi connectivity index (χ0n) is 8.48.